The Morgan fingerprint density at radius 1 is 1.62 bits per heavy atom. The molecule has 0 saturated carbocycles. The fraction of sp³-hybridized carbons (Fsp3) is 0.900. The van der Waals surface area contributed by atoms with Crippen LogP contribution in [0.1, 0.15) is 26.7 Å². The van der Waals surface area contributed by atoms with E-state index in [2.05, 4.69) is 24.1 Å². The van der Waals surface area contributed by atoms with Crippen molar-refractivity contribution < 1.29 is 4.79 Å². The smallest absolute Gasteiger partial charge is 0.237 e. The Bertz CT molecular complexity index is 180. The number of carbonyl (C=O) groups excluding carboxylic acids is 1. The Kier molecular flexibility index (Phi) is 3.72. The quantitative estimate of drug-likeness (QED) is 0.705. The maximum atomic E-state index is 11.5. The van der Waals surface area contributed by atoms with E-state index in [4.69, 9.17) is 0 Å². The van der Waals surface area contributed by atoms with Crippen LogP contribution in [0.5, 0.6) is 0 Å². The predicted molar refractivity (Wildman–Crippen MR) is 53.5 cm³/mol. The summed E-state index contributed by atoms with van der Waals surface area (Å²) in [6.07, 6.45) is 2.18. The third kappa shape index (κ3) is 2.69. The van der Waals surface area contributed by atoms with Crippen molar-refractivity contribution in [1.29, 1.82) is 0 Å². The molecular formula is C10H20N2O. The Morgan fingerprint density at radius 2 is 2.31 bits per heavy atom. The topological polar surface area (TPSA) is 32.3 Å². The molecule has 1 aliphatic heterocycles. The Hall–Kier alpha value is -0.570. The molecule has 0 aromatic carbocycles. The highest BCUT2D eigenvalue weighted by Gasteiger charge is 2.29. The van der Waals surface area contributed by atoms with Crippen molar-refractivity contribution in [1.82, 2.24) is 10.2 Å². The van der Waals surface area contributed by atoms with Crippen molar-refractivity contribution in [2.75, 3.05) is 20.1 Å². The first-order chi connectivity index (χ1) is 6.15. The molecule has 0 aliphatic carbocycles. The van der Waals surface area contributed by atoms with Crippen LogP contribution in [0, 0.1) is 5.92 Å². The van der Waals surface area contributed by atoms with E-state index < -0.39 is 0 Å². The largest absolute Gasteiger partial charge is 0.358 e. The molecule has 1 amide bonds. The van der Waals surface area contributed by atoms with Crippen molar-refractivity contribution >= 4 is 5.91 Å². The second kappa shape index (κ2) is 4.61. The summed E-state index contributed by atoms with van der Waals surface area (Å²) in [5.41, 5.74) is 0. The van der Waals surface area contributed by atoms with Gasteiger partial charge in [-0.2, -0.15) is 0 Å². The normalized spacial score (nSPS) is 23.8. The summed E-state index contributed by atoms with van der Waals surface area (Å²) in [6.45, 7) is 6.51. The molecule has 1 aliphatic rings. The molecule has 0 spiro atoms. The van der Waals surface area contributed by atoms with Crippen molar-refractivity contribution in [2.24, 2.45) is 5.92 Å². The van der Waals surface area contributed by atoms with E-state index in [1.54, 1.807) is 7.05 Å². The molecule has 0 radical (unpaired) electrons. The highest BCUT2D eigenvalue weighted by Crippen LogP contribution is 2.18. The highest BCUT2D eigenvalue weighted by atomic mass is 16.2. The molecular weight excluding hydrogens is 164 g/mol. The number of likely N-dealkylation sites (N-methyl/N-ethyl adjacent to an activating group) is 1. The number of likely N-dealkylation sites (tertiary alicyclic amines) is 1. The van der Waals surface area contributed by atoms with E-state index >= 15 is 0 Å². The molecule has 0 bridgehead atoms. The molecule has 3 nitrogen and oxygen atoms in total. The van der Waals surface area contributed by atoms with E-state index in [0.29, 0.717) is 5.92 Å². The van der Waals surface area contributed by atoms with Gasteiger partial charge in [0.2, 0.25) is 5.91 Å². The van der Waals surface area contributed by atoms with Gasteiger partial charge < -0.3 is 5.32 Å². The Balaban J connectivity index is 2.48. The molecule has 1 heterocycles. The summed E-state index contributed by atoms with van der Waals surface area (Å²) in [6, 6.07) is 0.132. The average molecular weight is 184 g/mol. The molecule has 1 fully saturated rings. The second-order valence-corrected chi connectivity index (χ2v) is 4.16. The lowest BCUT2D eigenvalue weighted by Crippen LogP contribution is -2.43. The molecule has 0 aromatic heterocycles. The van der Waals surface area contributed by atoms with Crippen molar-refractivity contribution in [3.05, 3.63) is 0 Å². The van der Waals surface area contributed by atoms with E-state index in [1.807, 2.05) is 0 Å². The third-order valence-electron chi connectivity index (χ3n) is 2.51. The predicted octanol–water partition coefficient (Wildman–Crippen LogP) is 0.853. The van der Waals surface area contributed by atoms with E-state index in [9.17, 15) is 4.79 Å². The first-order valence-electron chi connectivity index (χ1n) is 5.10. The molecule has 1 atom stereocenters. The number of hydrogen-bond donors (Lipinski definition) is 1. The lowest BCUT2D eigenvalue weighted by Gasteiger charge is -2.24. The summed E-state index contributed by atoms with van der Waals surface area (Å²) in [5.74, 6) is 0.823. The van der Waals surface area contributed by atoms with Gasteiger partial charge in [0.15, 0.2) is 0 Å². The van der Waals surface area contributed by atoms with E-state index in [1.165, 1.54) is 0 Å². The molecule has 13 heavy (non-hydrogen) atoms. The van der Waals surface area contributed by atoms with Crippen LogP contribution in [0.25, 0.3) is 0 Å². The lowest BCUT2D eigenvalue weighted by molar-refractivity contribution is -0.125. The maximum Gasteiger partial charge on any atom is 0.237 e. The summed E-state index contributed by atoms with van der Waals surface area (Å²) in [5, 5.41) is 2.73. The molecule has 1 unspecified atom stereocenters. The van der Waals surface area contributed by atoms with Crippen molar-refractivity contribution in [3.8, 4) is 0 Å². The zero-order valence-electron chi connectivity index (χ0n) is 8.84. The van der Waals surface area contributed by atoms with Gasteiger partial charge in [-0.05, 0) is 25.3 Å². The van der Waals surface area contributed by atoms with Gasteiger partial charge >= 0.3 is 0 Å². The van der Waals surface area contributed by atoms with Crippen LogP contribution in [-0.2, 0) is 4.79 Å². The molecule has 76 valence electrons. The Labute approximate surface area is 80.5 Å². The van der Waals surface area contributed by atoms with Crippen LogP contribution >= 0.6 is 0 Å². The van der Waals surface area contributed by atoms with Gasteiger partial charge in [-0.25, -0.2) is 0 Å². The van der Waals surface area contributed by atoms with Crippen LogP contribution in [0.4, 0.5) is 0 Å². The lowest BCUT2D eigenvalue weighted by atomic mass is 10.1. The first-order valence-corrected chi connectivity index (χ1v) is 5.10. The molecule has 0 aromatic rings. The fourth-order valence-electron chi connectivity index (χ4n) is 1.98. The Morgan fingerprint density at radius 3 is 2.85 bits per heavy atom. The summed E-state index contributed by atoms with van der Waals surface area (Å²) in [7, 11) is 1.72. The highest BCUT2D eigenvalue weighted by molar-refractivity contribution is 5.81. The van der Waals surface area contributed by atoms with Crippen molar-refractivity contribution in [2.45, 2.75) is 32.7 Å². The van der Waals surface area contributed by atoms with Gasteiger partial charge in [0.05, 0.1) is 6.04 Å². The number of hydrogen-bond acceptors (Lipinski definition) is 2. The molecule has 1 saturated heterocycles. The summed E-state index contributed by atoms with van der Waals surface area (Å²) >= 11 is 0. The number of rotatable bonds is 3. The summed E-state index contributed by atoms with van der Waals surface area (Å²) in [4.78, 5) is 13.7. The zero-order chi connectivity index (χ0) is 9.84. The minimum Gasteiger partial charge on any atom is -0.358 e. The maximum absolute atomic E-state index is 11.5. The molecule has 3 heteroatoms. The van der Waals surface area contributed by atoms with Crippen LogP contribution in [0.2, 0.25) is 0 Å². The average Bonchev–Trinajstić information content (AvgIpc) is 2.50. The van der Waals surface area contributed by atoms with Gasteiger partial charge in [-0.1, -0.05) is 13.8 Å². The molecule has 1 N–H and O–H groups in total. The number of nitrogens with zero attached hydrogens (tertiary/aromatic N) is 1. The number of amides is 1. The van der Waals surface area contributed by atoms with E-state index in [0.717, 1.165) is 25.9 Å². The van der Waals surface area contributed by atoms with Crippen LogP contribution < -0.4 is 5.32 Å². The van der Waals surface area contributed by atoms with Crippen molar-refractivity contribution in [3.63, 3.8) is 0 Å². The third-order valence-corrected chi connectivity index (χ3v) is 2.51. The minimum atomic E-state index is 0.132. The number of carbonyl (C=O) groups is 1. The van der Waals surface area contributed by atoms with Gasteiger partial charge in [-0.3, -0.25) is 9.69 Å². The fourth-order valence-corrected chi connectivity index (χ4v) is 1.98. The minimum absolute atomic E-state index is 0.132. The standard InChI is InChI=1S/C10H20N2O/c1-8(2)7-12-6-4-5-9(12)10(13)11-3/h8-9H,4-7H2,1-3H3,(H,11,13). The first kappa shape index (κ1) is 10.5. The summed E-state index contributed by atoms with van der Waals surface area (Å²) < 4.78 is 0. The van der Waals surface area contributed by atoms with Gasteiger partial charge in [-0.15, -0.1) is 0 Å². The van der Waals surface area contributed by atoms with Gasteiger partial charge in [0.25, 0.3) is 0 Å². The second-order valence-electron chi connectivity index (χ2n) is 4.16. The SMILES string of the molecule is CNC(=O)C1CCCN1CC(C)C. The molecule has 1 rings (SSSR count). The van der Waals surface area contributed by atoms with Crippen LogP contribution in [0.3, 0.4) is 0 Å². The van der Waals surface area contributed by atoms with E-state index in [-0.39, 0.29) is 11.9 Å². The zero-order valence-corrected chi connectivity index (χ0v) is 8.84. The van der Waals surface area contributed by atoms with Crippen LogP contribution in [-0.4, -0.2) is 37.0 Å². The number of nitrogens with one attached hydrogen (secondary N) is 1. The van der Waals surface area contributed by atoms with Gasteiger partial charge in [0, 0.05) is 13.6 Å². The monoisotopic (exact) mass is 184 g/mol. The van der Waals surface area contributed by atoms with Gasteiger partial charge in [0.1, 0.15) is 0 Å². The van der Waals surface area contributed by atoms with Crippen LogP contribution in [0.15, 0.2) is 0 Å².